The molecule has 2 nitrogen and oxygen atoms in total. The number of nitrogens with two attached hydrogens (primary N) is 1. The van der Waals surface area contributed by atoms with E-state index >= 15 is 0 Å². The maximum atomic E-state index is 11.2. The SMILES string of the molecule is CC(=O)c1cc(C=CCCS)ccc1N. The minimum Gasteiger partial charge on any atom is -0.398 e. The van der Waals surface area contributed by atoms with E-state index in [1.807, 2.05) is 24.3 Å². The summed E-state index contributed by atoms with van der Waals surface area (Å²) in [5.74, 6) is 0.822. The first-order valence-corrected chi connectivity index (χ1v) is 5.46. The lowest BCUT2D eigenvalue weighted by molar-refractivity contribution is 0.101. The molecule has 0 radical (unpaired) electrons. The Balaban J connectivity index is 2.92. The molecule has 0 aliphatic heterocycles. The van der Waals surface area contributed by atoms with E-state index in [1.165, 1.54) is 6.92 Å². The maximum absolute atomic E-state index is 11.2. The summed E-state index contributed by atoms with van der Waals surface area (Å²) in [5, 5.41) is 0. The van der Waals surface area contributed by atoms with Gasteiger partial charge >= 0.3 is 0 Å². The number of rotatable bonds is 4. The van der Waals surface area contributed by atoms with Crippen LogP contribution in [0, 0.1) is 0 Å². The Labute approximate surface area is 95.6 Å². The molecular weight excluding hydrogens is 206 g/mol. The van der Waals surface area contributed by atoms with Gasteiger partial charge in [0.1, 0.15) is 0 Å². The van der Waals surface area contributed by atoms with Gasteiger partial charge in [0, 0.05) is 11.3 Å². The minimum atomic E-state index is -0.00283. The zero-order valence-corrected chi connectivity index (χ0v) is 9.63. The number of nitrogen functional groups attached to an aromatic ring is 1. The molecule has 0 aliphatic rings. The van der Waals surface area contributed by atoms with Gasteiger partial charge in [-0.15, -0.1) is 0 Å². The van der Waals surface area contributed by atoms with Crippen LogP contribution in [0.15, 0.2) is 24.3 Å². The lowest BCUT2D eigenvalue weighted by Crippen LogP contribution is -1.99. The third kappa shape index (κ3) is 3.44. The molecule has 1 aromatic carbocycles. The first-order valence-electron chi connectivity index (χ1n) is 4.83. The number of carbonyl (C=O) groups excluding carboxylic acids is 1. The van der Waals surface area contributed by atoms with E-state index in [0.29, 0.717) is 11.3 Å². The number of Topliss-reactive ketones (excluding diaryl/α,β-unsaturated/α-hetero) is 1. The van der Waals surface area contributed by atoms with E-state index in [1.54, 1.807) is 6.07 Å². The molecule has 2 N–H and O–H groups in total. The summed E-state index contributed by atoms with van der Waals surface area (Å²) in [6.45, 7) is 1.52. The smallest absolute Gasteiger partial charge is 0.161 e. The molecule has 0 fully saturated rings. The summed E-state index contributed by atoms with van der Waals surface area (Å²) < 4.78 is 0. The van der Waals surface area contributed by atoms with E-state index < -0.39 is 0 Å². The van der Waals surface area contributed by atoms with Crippen molar-refractivity contribution >= 4 is 30.2 Å². The summed E-state index contributed by atoms with van der Waals surface area (Å²) in [4.78, 5) is 11.2. The molecule has 0 unspecified atom stereocenters. The van der Waals surface area contributed by atoms with Gasteiger partial charge in [0.15, 0.2) is 5.78 Å². The van der Waals surface area contributed by atoms with Crippen LogP contribution in [0.1, 0.15) is 29.3 Å². The number of hydrogen-bond acceptors (Lipinski definition) is 3. The molecule has 1 rings (SSSR count). The molecule has 80 valence electrons. The molecule has 0 amide bonds. The number of carbonyl (C=O) groups is 1. The van der Waals surface area contributed by atoms with Crippen LogP contribution < -0.4 is 5.73 Å². The highest BCUT2D eigenvalue weighted by atomic mass is 32.1. The lowest BCUT2D eigenvalue weighted by Gasteiger charge is -2.02. The molecule has 0 saturated heterocycles. The van der Waals surface area contributed by atoms with Crippen LogP contribution in [-0.4, -0.2) is 11.5 Å². The second kappa shape index (κ2) is 5.61. The van der Waals surface area contributed by atoms with Gasteiger partial charge in [-0.05, 0) is 36.8 Å². The number of anilines is 1. The average molecular weight is 221 g/mol. The second-order valence-electron chi connectivity index (χ2n) is 3.32. The maximum Gasteiger partial charge on any atom is 0.161 e. The quantitative estimate of drug-likeness (QED) is 0.466. The van der Waals surface area contributed by atoms with Crippen molar-refractivity contribution < 1.29 is 4.79 Å². The highest BCUT2D eigenvalue weighted by molar-refractivity contribution is 7.80. The Morgan fingerprint density at radius 2 is 2.27 bits per heavy atom. The van der Waals surface area contributed by atoms with Gasteiger partial charge in [-0.2, -0.15) is 12.6 Å². The number of hydrogen-bond donors (Lipinski definition) is 2. The molecule has 0 saturated carbocycles. The predicted octanol–water partition coefficient (Wildman–Crippen LogP) is 2.80. The fourth-order valence-corrected chi connectivity index (χ4v) is 1.43. The third-order valence-electron chi connectivity index (χ3n) is 2.06. The third-order valence-corrected chi connectivity index (χ3v) is 2.32. The van der Waals surface area contributed by atoms with Gasteiger partial charge in [0.05, 0.1) is 0 Å². The zero-order valence-electron chi connectivity index (χ0n) is 8.73. The number of thiol groups is 1. The van der Waals surface area contributed by atoms with Gasteiger partial charge in [0.25, 0.3) is 0 Å². The summed E-state index contributed by atoms with van der Waals surface area (Å²) in [5.41, 5.74) is 7.81. The molecule has 0 spiro atoms. The van der Waals surface area contributed by atoms with Crippen molar-refractivity contribution in [2.75, 3.05) is 11.5 Å². The van der Waals surface area contributed by atoms with E-state index in [2.05, 4.69) is 12.6 Å². The summed E-state index contributed by atoms with van der Waals surface area (Å²) in [7, 11) is 0. The van der Waals surface area contributed by atoms with Gasteiger partial charge in [-0.25, -0.2) is 0 Å². The van der Waals surface area contributed by atoms with E-state index in [0.717, 1.165) is 17.7 Å². The van der Waals surface area contributed by atoms with Crippen molar-refractivity contribution in [1.82, 2.24) is 0 Å². The molecular formula is C12H15NOS. The topological polar surface area (TPSA) is 43.1 Å². The van der Waals surface area contributed by atoms with Crippen molar-refractivity contribution in [2.45, 2.75) is 13.3 Å². The van der Waals surface area contributed by atoms with Gasteiger partial charge in [-0.1, -0.05) is 18.2 Å². The van der Waals surface area contributed by atoms with Crippen molar-refractivity contribution in [2.24, 2.45) is 0 Å². The summed E-state index contributed by atoms with van der Waals surface area (Å²) in [6.07, 6.45) is 4.92. The average Bonchev–Trinajstić information content (AvgIpc) is 2.20. The zero-order chi connectivity index (χ0) is 11.3. The van der Waals surface area contributed by atoms with E-state index in [4.69, 9.17) is 5.73 Å². The Morgan fingerprint density at radius 1 is 1.53 bits per heavy atom. The van der Waals surface area contributed by atoms with Gasteiger partial charge in [0.2, 0.25) is 0 Å². The lowest BCUT2D eigenvalue weighted by atomic mass is 10.1. The van der Waals surface area contributed by atoms with Gasteiger partial charge in [-0.3, -0.25) is 4.79 Å². The van der Waals surface area contributed by atoms with Crippen LogP contribution >= 0.6 is 12.6 Å². The Kier molecular flexibility index (Phi) is 4.43. The molecule has 0 atom stereocenters. The Morgan fingerprint density at radius 3 is 2.87 bits per heavy atom. The first-order chi connectivity index (χ1) is 7.15. The standard InChI is InChI=1S/C12H15NOS/c1-9(14)11-8-10(4-2-3-7-15)5-6-12(11)13/h2,4-6,8,15H,3,7,13H2,1H3. The molecule has 0 aromatic heterocycles. The fraction of sp³-hybridized carbons (Fsp3) is 0.250. The monoisotopic (exact) mass is 221 g/mol. The van der Waals surface area contributed by atoms with Crippen LogP contribution in [-0.2, 0) is 0 Å². The van der Waals surface area contributed by atoms with Crippen molar-refractivity contribution in [3.8, 4) is 0 Å². The highest BCUT2D eigenvalue weighted by Crippen LogP contribution is 2.16. The van der Waals surface area contributed by atoms with Crippen LogP contribution in [0.5, 0.6) is 0 Å². The Bertz CT molecular complexity index is 385. The molecule has 3 heteroatoms. The molecule has 0 bridgehead atoms. The largest absolute Gasteiger partial charge is 0.398 e. The molecule has 1 aromatic rings. The van der Waals surface area contributed by atoms with Gasteiger partial charge < -0.3 is 5.73 Å². The summed E-state index contributed by atoms with van der Waals surface area (Å²) in [6, 6.07) is 5.47. The van der Waals surface area contributed by atoms with Crippen molar-refractivity contribution in [3.05, 3.63) is 35.4 Å². The van der Waals surface area contributed by atoms with Crippen LogP contribution in [0.2, 0.25) is 0 Å². The number of benzene rings is 1. The molecule has 0 aliphatic carbocycles. The van der Waals surface area contributed by atoms with Crippen LogP contribution in [0.3, 0.4) is 0 Å². The normalized spacial score (nSPS) is 10.8. The molecule has 15 heavy (non-hydrogen) atoms. The fourth-order valence-electron chi connectivity index (χ4n) is 1.28. The highest BCUT2D eigenvalue weighted by Gasteiger charge is 2.03. The van der Waals surface area contributed by atoms with E-state index in [9.17, 15) is 4.79 Å². The number of ketones is 1. The van der Waals surface area contributed by atoms with Crippen molar-refractivity contribution in [3.63, 3.8) is 0 Å². The van der Waals surface area contributed by atoms with E-state index in [-0.39, 0.29) is 5.78 Å². The first kappa shape index (κ1) is 11.9. The van der Waals surface area contributed by atoms with Crippen LogP contribution in [0.25, 0.3) is 6.08 Å². The van der Waals surface area contributed by atoms with Crippen LogP contribution in [0.4, 0.5) is 5.69 Å². The number of allylic oxidation sites excluding steroid dienone is 1. The second-order valence-corrected chi connectivity index (χ2v) is 3.76. The molecule has 0 heterocycles. The summed E-state index contributed by atoms with van der Waals surface area (Å²) >= 11 is 4.11. The minimum absolute atomic E-state index is 0.00283. The predicted molar refractivity (Wildman–Crippen MR) is 68.4 cm³/mol. The Hall–Kier alpha value is -1.22. The van der Waals surface area contributed by atoms with Crippen molar-refractivity contribution in [1.29, 1.82) is 0 Å².